The Morgan fingerprint density at radius 1 is 1.32 bits per heavy atom. The van der Waals surface area contributed by atoms with Gasteiger partial charge in [-0.3, -0.25) is 14.3 Å². The van der Waals surface area contributed by atoms with Crippen molar-refractivity contribution in [2.24, 2.45) is 7.05 Å². The molecule has 1 unspecified atom stereocenters. The van der Waals surface area contributed by atoms with Crippen LogP contribution in [0.4, 0.5) is 0 Å². The minimum atomic E-state index is -0.299. The molecule has 1 amide bonds. The van der Waals surface area contributed by atoms with Crippen LogP contribution in [0.3, 0.4) is 0 Å². The first-order chi connectivity index (χ1) is 12.0. The summed E-state index contributed by atoms with van der Waals surface area (Å²) in [7, 11) is 1.74. The highest BCUT2D eigenvalue weighted by Crippen LogP contribution is 2.20. The van der Waals surface area contributed by atoms with Gasteiger partial charge >= 0.3 is 0 Å². The number of aryl methyl sites for hydroxylation is 1. The molecule has 3 rings (SSSR count). The second-order valence-corrected chi connectivity index (χ2v) is 6.53. The van der Waals surface area contributed by atoms with Crippen molar-refractivity contribution >= 4 is 5.91 Å². The van der Waals surface area contributed by atoms with E-state index < -0.39 is 0 Å². The summed E-state index contributed by atoms with van der Waals surface area (Å²) in [6.07, 6.45) is 5.01. The van der Waals surface area contributed by atoms with Gasteiger partial charge in [-0.05, 0) is 26.0 Å². The Hall–Kier alpha value is -2.57. The summed E-state index contributed by atoms with van der Waals surface area (Å²) >= 11 is 0. The Morgan fingerprint density at radius 3 is 2.64 bits per heavy atom. The highest BCUT2D eigenvalue weighted by Gasteiger charge is 2.27. The summed E-state index contributed by atoms with van der Waals surface area (Å²) < 4.78 is 9.23. The second-order valence-electron chi connectivity index (χ2n) is 6.53. The fourth-order valence-corrected chi connectivity index (χ4v) is 3.08. The molecule has 1 aliphatic heterocycles. The van der Waals surface area contributed by atoms with Crippen LogP contribution < -0.4 is 10.3 Å². The molecule has 7 heteroatoms. The van der Waals surface area contributed by atoms with Crippen molar-refractivity contribution in [3.63, 3.8) is 0 Å². The van der Waals surface area contributed by atoms with Crippen LogP contribution in [-0.2, 0) is 11.8 Å². The lowest BCUT2D eigenvalue weighted by Gasteiger charge is -2.33. The molecule has 2 aromatic rings. The van der Waals surface area contributed by atoms with Crippen molar-refractivity contribution in [3.8, 4) is 5.75 Å². The SMILES string of the molecule is Cc1cc(OC2CCN(C(=O)C(C)n3cccn3)CC2)cc(=O)n1C. The van der Waals surface area contributed by atoms with E-state index in [0.29, 0.717) is 18.8 Å². The van der Waals surface area contributed by atoms with Crippen molar-refractivity contribution < 1.29 is 9.53 Å². The molecule has 2 aromatic heterocycles. The summed E-state index contributed by atoms with van der Waals surface area (Å²) in [5.74, 6) is 0.682. The minimum absolute atomic E-state index is 0.0237. The number of carbonyl (C=O) groups excluding carboxylic acids is 1. The molecule has 134 valence electrons. The molecular formula is C18H24N4O3. The number of amides is 1. The van der Waals surface area contributed by atoms with Gasteiger partial charge in [0.05, 0.1) is 0 Å². The number of likely N-dealkylation sites (tertiary alicyclic amines) is 1. The molecule has 0 aliphatic carbocycles. The van der Waals surface area contributed by atoms with Gasteiger partial charge in [0.15, 0.2) is 0 Å². The number of piperidine rings is 1. The predicted molar refractivity (Wildman–Crippen MR) is 93.6 cm³/mol. The zero-order valence-electron chi connectivity index (χ0n) is 14.9. The molecule has 1 saturated heterocycles. The van der Waals surface area contributed by atoms with Gasteiger partial charge < -0.3 is 14.2 Å². The summed E-state index contributed by atoms with van der Waals surface area (Å²) in [4.78, 5) is 26.3. The first-order valence-electron chi connectivity index (χ1n) is 8.58. The Morgan fingerprint density at radius 2 is 2.04 bits per heavy atom. The monoisotopic (exact) mass is 344 g/mol. The highest BCUT2D eigenvalue weighted by atomic mass is 16.5. The van der Waals surface area contributed by atoms with E-state index >= 15 is 0 Å². The lowest BCUT2D eigenvalue weighted by Crippen LogP contribution is -2.44. The molecule has 0 N–H and O–H groups in total. The van der Waals surface area contributed by atoms with Crippen LogP contribution in [0.25, 0.3) is 0 Å². The van der Waals surface area contributed by atoms with Crippen LogP contribution >= 0.6 is 0 Å². The molecule has 7 nitrogen and oxygen atoms in total. The molecule has 3 heterocycles. The largest absolute Gasteiger partial charge is 0.490 e. The van der Waals surface area contributed by atoms with Gasteiger partial charge in [-0.1, -0.05) is 0 Å². The van der Waals surface area contributed by atoms with E-state index in [9.17, 15) is 9.59 Å². The molecule has 25 heavy (non-hydrogen) atoms. The maximum atomic E-state index is 12.6. The Kier molecular flexibility index (Phi) is 4.92. The smallest absolute Gasteiger partial charge is 0.254 e. The first kappa shape index (κ1) is 17.3. The van der Waals surface area contributed by atoms with Crippen molar-refractivity contribution in [3.05, 3.63) is 46.6 Å². The fourth-order valence-electron chi connectivity index (χ4n) is 3.08. The first-order valence-corrected chi connectivity index (χ1v) is 8.58. The maximum absolute atomic E-state index is 12.6. The molecule has 0 aromatic carbocycles. The zero-order chi connectivity index (χ0) is 18.0. The minimum Gasteiger partial charge on any atom is -0.490 e. The summed E-state index contributed by atoms with van der Waals surface area (Å²) in [6.45, 7) is 5.05. The van der Waals surface area contributed by atoms with E-state index in [4.69, 9.17) is 4.74 Å². The number of pyridine rings is 1. The predicted octanol–water partition coefficient (Wildman–Crippen LogP) is 1.52. The summed E-state index contributed by atoms with van der Waals surface area (Å²) in [5, 5.41) is 4.14. The van der Waals surface area contributed by atoms with Crippen molar-refractivity contribution in [2.45, 2.75) is 38.8 Å². The van der Waals surface area contributed by atoms with E-state index in [1.807, 2.05) is 30.9 Å². The van der Waals surface area contributed by atoms with Gasteiger partial charge in [-0.2, -0.15) is 5.10 Å². The van der Waals surface area contributed by atoms with Gasteiger partial charge in [0.2, 0.25) is 5.91 Å². The summed E-state index contributed by atoms with van der Waals surface area (Å²) in [6, 6.07) is 4.91. The molecule has 0 spiro atoms. The Bertz CT molecular complexity index is 789. The lowest BCUT2D eigenvalue weighted by atomic mass is 10.1. The third-order valence-electron chi connectivity index (χ3n) is 4.81. The molecule has 0 saturated carbocycles. The standard InChI is InChI=1S/C18H24N4O3/c1-13-11-16(12-17(23)20(13)3)25-15-5-9-21(10-6-15)18(24)14(2)22-8-4-7-19-22/h4,7-8,11-12,14-15H,5-6,9-10H2,1-3H3. The van der Waals surface area contributed by atoms with Gasteiger partial charge in [-0.25, -0.2) is 0 Å². The highest BCUT2D eigenvalue weighted by molar-refractivity contribution is 5.80. The van der Waals surface area contributed by atoms with Crippen LogP contribution in [0.2, 0.25) is 0 Å². The lowest BCUT2D eigenvalue weighted by molar-refractivity contribution is -0.136. The molecule has 1 fully saturated rings. The maximum Gasteiger partial charge on any atom is 0.254 e. The molecule has 1 atom stereocenters. The molecule has 0 bridgehead atoms. The van der Waals surface area contributed by atoms with E-state index in [1.54, 1.807) is 28.7 Å². The van der Waals surface area contributed by atoms with Gasteiger partial charge in [0, 0.05) is 57.1 Å². The number of hydrogen-bond acceptors (Lipinski definition) is 4. The Labute approximate surface area is 146 Å². The average molecular weight is 344 g/mol. The number of nitrogens with zero attached hydrogens (tertiary/aromatic N) is 4. The summed E-state index contributed by atoms with van der Waals surface area (Å²) in [5.41, 5.74) is 0.791. The van der Waals surface area contributed by atoms with Crippen LogP contribution in [0.15, 0.2) is 35.4 Å². The van der Waals surface area contributed by atoms with Crippen LogP contribution in [0.5, 0.6) is 5.75 Å². The third kappa shape index (κ3) is 3.75. The van der Waals surface area contributed by atoms with E-state index in [-0.39, 0.29) is 23.6 Å². The molecular weight excluding hydrogens is 320 g/mol. The van der Waals surface area contributed by atoms with Gasteiger partial charge in [0.25, 0.3) is 5.56 Å². The number of rotatable bonds is 4. The zero-order valence-corrected chi connectivity index (χ0v) is 14.9. The van der Waals surface area contributed by atoms with Crippen molar-refractivity contribution in [1.29, 1.82) is 0 Å². The quantitative estimate of drug-likeness (QED) is 0.843. The third-order valence-corrected chi connectivity index (χ3v) is 4.81. The van der Waals surface area contributed by atoms with Crippen LogP contribution in [0, 0.1) is 6.92 Å². The molecule has 0 radical (unpaired) electrons. The van der Waals surface area contributed by atoms with Crippen LogP contribution in [-0.4, -0.2) is 44.3 Å². The average Bonchev–Trinajstić information content (AvgIpc) is 3.13. The van der Waals surface area contributed by atoms with Gasteiger partial charge in [-0.15, -0.1) is 0 Å². The number of aromatic nitrogens is 3. The van der Waals surface area contributed by atoms with Gasteiger partial charge in [0.1, 0.15) is 17.9 Å². The van der Waals surface area contributed by atoms with Crippen molar-refractivity contribution in [2.75, 3.05) is 13.1 Å². The number of ether oxygens (including phenoxy) is 1. The van der Waals surface area contributed by atoms with Crippen molar-refractivity contribution in [1.82, 2.24) is 19.2 Å². The van der Waals surface area contributed by atoms with E-state index in [2.05, 4.69) is 5.10 Å². The second kappa shape index (κ2) is 7.13. The van der Waals surface area contributed by atoms with Crippen LogP contribution in [0.1, 0.15) is 31.5 Å². The van der Waals surface area contributed by atoms with E-state index in [0.717, 1.165) is 18.5 Å². The normalized spacial score (nSPS) is 16.7. The topological polar surface area (TPSA) is 69.4 Å². The Balaban J connectivity index is 1.57. The number of hydrogen-bond donors (Lipinski definition) is 0. The molecule has 1 aliphatic rings. The number of carbonyl (C=O) groups is 1. The van der Waals surface area contributed by atoms with E-state index in [1.165, 1.54) is 6.07 Å². The fraction of sp³-hybridized carbons (Fsp3) is 0.500.